The zero-order chi connectivity index (χ0) is 13.1. The van der Waals surface area contributed by atoms with Crippen molar-refractivity contribution in [1.29, 1.82) is 0 Å². The summed E-state index contributed by atoms with van der Waals surface area (Å²) in [4.78, 5) is 11.5. The summed E-state index contributed by atoms with van der Waals surface area (Å²) in [5.74, 6) is -0.588. The Hall–Kier alpha value is -1.27. The van der Waals surface area contributed by atoms with Gasteiger partial charge >= 0.3 is 5.97 Å². The summed E-state index contributed by atoms with van der Waals surface area (Å²) in [6, 6.07) is 4.23. The predicted octanol–water partition coefficient (Wildman–Crippen LogP) is 1.89. The molecule has 0 spiro atoms. The Balaban J connectivity index is 3.06. The van der Waals surface area contributed by atoms with Crippen LogP contribution >= 0.6 is 11.6 Å². The number of hydrogen-bond acceptors (Lipinski definition) is 4. The van der Waals surface area contributed by atoms with Gasteiger partial charge < -0.3 is 4.74 Å². The van der Waals surface area contributed by atoms with E-state index in [9.17, 15) is 13.2 Å². The van der Waals surface area contributed by atoms with Crippen molar-refractivity contribution >= 4 is 33.3 Å². The van der Waals surface area contributed by atoms with Crippen molar-refractivity contribution < 1.29 is 17.9 Å². The van der Waals surface area contributed by atoms with Gasteiger partial charge in [-0.15, -0.1) is 0 Å². The van der Waals surface area contributed by atoms with E-state index >= 15 is 0 Å². The molecule has 1 N–H and O–H groups in total. The molecule has 0 unspecified atom stereocenters. The molecule has 1 aromatic rings. The number of esters is 1. The number of ether oxygens (including phenoxy) is 1. The molecule has 0 aromatic heterocycles. The zero-order valence-corrected chi connectivity index (χ0v) is 10.9. The molecule has 0 atom stereocenters. The lowest BCUT2D eigenvalue weighted by Crippen LogP contribution is -2.11. The second kappa shape index (κ2) is 5.37. The average Bonchev–Trinajstić information content (AvgIpc) is 2.19. The van der Waals surface area contributed by atoms with Crippen LogP contribution in [0.2, 0.25) is 5.02 Å². The van der Waals surface area contributed by atoms with Crippen LogP contribution in [0, 0.1) is 0 Å². The lowest BCUT2D eigenvalue weighted by atomic mass is 10.2. The highest BCUT2D eigenvalue weighted by Crippen LogP contribution is 2.22. The first kappa shape index (κ1) is 13.8. The van der Waals surface area contributed by atoms with Gasteiger partial charge in [-0.05, 0) is 25.1 Å². The zero-order valence-electron chi connectivity index (χ0n) is 9.36. The predicted molar refractivity (Wildman–Crippen MR) is 65.9 cm³/mol. The van der Waals surface area contributed by atoms with E-state index < -0.39 is 16.0 Å². The third-order valence-electron chi connectivity index (χ3n) is 1.76. The van der Waals surface area contributed by atoms with Crippen molar-refractivity contribution in [1.82, 2.24) is 0 Å². The van der Waals surface area contributed by atoms with Crippen LogP contribution in [-0.2, 0) is 14.8 Å². The number of nitrogens with one attached hydrogen (secondary N) is 1. The fraction of sp³-hybridized carbons (Fsp3) is 0.300. The lowest BCUT2D eigenvalue weighted by molar-refractivity contribution is 0.0526. The van der Waals surface area contributed by atoms with Crippen molar-refractivity contribution in [3.63, 3.8) is 0 Å². The van der Waals surface area contributed by atoms with E-state index in [-0.39, 0.29) is 22.9 Å². The number of carbonyl (C=O) groups is 1. The second-order valence-electron chi connectivity index (χ2n) is 3.29. The van der Waals surface area contributed by atoms with Crippen LogP contribution in [0.3, 0.4) is 0 Å². The maximum absolute atomic E-state index is 11.5. The van der Waals surface area contributed by atoms with Gasteiger partial charge in [-0.25, -0.2) is 13.2 Å². The first-order chi connectivity index (χ1) is 7.83. The SMILES string of the molecule is CCOC(=O)c1cc(NS(C)(=O)=O)ccc1Cl. The van der Waals surface area contributed by atoms with Gasteiger partial charge in [0.05, 0.1) is 23.4 Å². The third kappa shape index (κ3) is 4.24. The molecular formula is C10H12ClNO4S. The molecule has 0 aliphatic rings. The number of sulfonamides is 1. The normalized spacial score (nSPS) is 11.0. The summed E-state index contributed by atoms with van der Waals surface area (Å²) in [6.45, 7) is 1.89. The van der Waals surface area contributed by atoms with Gasteiger partial charge in [0.1, 0.15) is 0 Å². The Kier molecular flexibility index (Phi) is 4.36. The molecule has 1 aromatic carbocycles. The van der Waals surface area contributed by atoms with E-state index in [4.69, 9.17) is 16.3 Å². The molecule has 0 bridgehead atoms. The molecule has 1 rings (SSSR count). The minimum absolute atomic E-state index is 0.127. The maximum Gasteiger partial charge on any atom is 0.339 e. The van der Waals surface area contributed by atoms with E-state index in [2.05, 4.69) is 4.72 Å². The summed E-state index contributed by atoms with van der Waals surface area (Å²) in [7, 11) is -3.39. The summed E-state index contributed by atoms with van der Waals surface area (Å²) in [5, 5.41) is 0.211. The molecule has 0 radical (unpaired) electrons. The molecule has 0 amide bonds. The van der Waals surface area contributed by atoms with Crippen molar-refractivity contribution in [2.75, 3.05) is 17.6 Å². The van der Waals surface area contributed by atoms with Crippen LogP contribution in [0.15, 0.2) is 18.2 Å². The Bertz CT molecular complexity index is 527. The molecule has 17 heavy (non-hydrogen) atoms. The molecule has 0 saturated carbocycles. The number of anilines is 1. The first-order valence-corrected chi connectivity index (χ1v) is 7.05. The number of rotatable bonds is 4. The van der Waals surface area contributed by atoms with E-state index in [1.807, 2.05) is 0 Å². The average molecular weight is 278 g/mol. The molecule has 94 valence electrons. The van der Waals surface area contributed by atoms with Gasteiger partial charge in [-0.1, -0.05) is 11.6 Å². The molecule has 0 fully saturated rings. The van der Waals surface area contributed by atoms with Crippen molar-refractivity contribution in [2.24, 2.45) is 0 Å². The molecule has 0 aliphatic carbocycles. The molecule has 0 aliphatic heterocycles. The number of halogens is 1. The lowest BCUT2D eigenvalue weighted by Gasteiger charge is -2.08. The summed E-state index contributed by atoms with van der Waals surface area (Å²) < 4.78 is 29.1. The molecular weight excluding hydrogens is 266 g/mol. The highest BCUT2D eigenvalue weighted by atomic mass is 35.5. The largest absolute Gasteiger partial charge is 0.462 e. The van der Waals surface area contributed by atoms with Crippen LogP contribution in [0.1, 0.15) is 17.3 Å². The Morgan fingerprint density at radius 3 is 2.65 bits per heavy atom. The van der Waals surface area contributed by atoms with Crippen molar-refractivity contribution in [3.05, 3.63) is 28.8 Å². The summed E-state index contributed by atoms with van der Waals surface area (Å²) >= 11 is 5.82. The first-order valence-electron chi connectivity index (χ1n) is 4.78. The molecule has 0 heterocycles. The fourth-order valence-corrected chi connectivity index (χ4v) is 1.92. The summed E-state index contributed by atoms with van der Waals surface area (Å²) in [6.07, 6.45) is 1.02. The fourth-order valence-electron chi connectivity index (χ4n) is 1.17. The van der Waals surface area contributed by atoms with Crippen LogP contribution in [0.4, 0.5) is 5.69 Å². The monoisotopic (exact) mass is 277 g/mol. The maximum atomic E-state index is 11.5. The standard InChI is InChI=1S/C10H12ClNO4S/c1-3-16-10(13)8-6-7(4-5-9(8)11)12-17(2,14)15/h4-6,12H,3H2,1-2H3. The van der Waals surface area contributed by atoms with Gasteiger partial charge in [0.2, 0.25) is 10.0 Å². The van der Waals surface area contributed by atoms with Crippen LogP contribution < -0.4 is 4.72 Å². The van der Waals surface area contributed by atoms with Gasteiger partial charge in [0.25, 0.3) is 0 Å². The van der Waals surface area contributed by atoms with Gasteiger partial charge in [-0.3, -0.25) is 4.72 Å². The topological polar surface area (TPSA) is 72.5 Å². The van der Waals surface area contributed by atoms with Gasteiger partial charge in [0, 0.05) is 5.69 Å². The number of benzene rings is 1. The van der Waals surface area contributed by atoms with Crippen LogP contribution in [0.25, 0.3) is 0 Å². The van der Waals surface area contributed by atoms with E-state index in [1.165, 1.54) is 18.2 Å². The van der Waals surface area contributed by atoms with Crippen molar-refractivity contribution in [3.8, 4) is 0 Å². The third-order valence-corrected chi connectivity index (χ3v) is 2.70. The molecule has 7 heteroatoms. The molecule has 0 saturated heterocycles. The highest BCUT2D eigenvalue weighted by molar-refractivity contribution is 7.92. The van der Waals surface area contributed by atoms with E-state index in [1.54, 1.807) is 6.92 Å². The van der Waals surface area contributed by atoms with Gasteiger partial charge in [-0.2, -0.15) is 0 Å². The molecule has 5 nitrogen and oxygen atoms in total. The Morgan fingerprint density at radius 1 is 1.47 bits per heavy atom. The van der Waals surface area contributed by atoms with E-state index in [0.29, 0.717) is 0 Å². The van der Waals surface area contributed by atoms with Crippen LogP contribution in [0.5, 0.6) is 0 Å². The quantitative estimate of drug-likeness (QED) is 0.853. The van der Waals surface area contributed by atoms with Gasteiger partial charge in [0.15, 0.2) is 0 Å². The smallest absolute Gasteiger partial charge is 0.339 e. The second-order valence-corrected chi connectivity index (χ2v) is 5.44. The number of carbonyl (C=O) groups excluding carboxylic acids is 1. The Morgan fingerprint density at radius 2 is 2.12 bits per heavy atom. The number of hydrogen-bond donors (Lipinski definition) is 1. The minimum Gasteiger partial charge on any atom is -0.462 e. The minimum atomic E-state index is -3.39. The Labute approximate surface area is 105 Å². The van der Waals surface area contributed by atoms with Crippen LogP contribution in [-0.4, -0.2) is 27.2 Å². The van der Waals surface area contributed by atoms with Crippen molar-refractivity contribution in [2.45, 2.75) is 6.92 Å². The van der Waals surface area contributed by atoms with E-state index in [0.717, 1.165) is 6.26 Å². The highest BCUT2D eigenvalue weighted by Gasteiger charge is 2.13. The summed E-state index contributed by atoms with van der Waals surface area (Å²) in [5.41, 5.74) is 0.391.